The van der Waals surface area contributed by atoms with Crippen LogP contribution in [0.25, 0.3) is 0 Å². The molecule has 1 aliphatic heterocycles. The molecule has 0 atom stereocenters. The summed E-state index contributed by atoms with van der Waals surface area (Å²) >= 11 is 0. The number of rotatable bonds is 1. The average Bonchev–Trinajstić information content (AvgIpc) is 2.53. The van der Waals surface area contributed by atoms with Gasteiger partial charge in [0, 0.05) is 18.4 Å². The summed E-state index contributed by atoms with van der Waals surface area (Å²) in [5.74, 6) is 0.0935. The maximum absolute atomic E-state index is 12.8. The van der Waals surface area contributed by atoms with Crippen LogP contribution < -0.4 is 10.6 Å². The minimum atomic E-state index is -0.132. The van der Waals surface area contributed by atoms with Crippen molar-refractivity contribution in [3.05, 3.63) is 47.4 Å². The Bertz CT molecular complexity index is 749. The van der Waals surface area contributed by atoms with Gasteiger partial charge in [-0.3, -0.25) is 4.79 Å². The third-order valence-corrected chi connectivity index (χ3v) is 4.28. The fraction of sp³-hybridized carbons (Fsp3) is 0.389. The lowest BCUT2D eigenvalue weighted by atomic mass is 9.84. The number of fused-ring (bicyclic) bond motifs is 1. The Labute approximate surface area is 136 Å². The number of nitrogen functional groups attached to an aromatic ring is 1. The number of nitrogens with two attached hydrogens (primary N) is 1. The van der Waals surface area contributed by atoms with E-state index in [-0.39, 0.29) is 17.1 Å². The molecule has 3 rings (SSSR count). The van der Waals surface area contributed by atoms with Crippen molar-refractivity contribution in [2.24, 2.45) is 0 Å². The third-order valence-electron chi connectivity index (χ3n) is 4.28. The van der Waals surface area contributed by atoms with E-state index in [2.05, 4.69) is 42.9 Å². The number of hydrogen-bond donors (Lipinski definition) is 1. The van der Waals surface area contributed by atoms with Gasteiger partial charge >= 0.3 is 0 Å². The Morgan fingerprint density at radius 1 is 1.30 bits per heavy atom. The molecule has 120 valence electrons. The second kappa shape index (κ2) is 5.65. The molecule has 1 aromatic carbocycles. The molecule has 0 unspecified atom stereocenters. The number of benzene rings is 1. The van der Waals surface area contributed by atoms with Gasteiger partial charge in [-0.2, -0.15) is 0 Å². The molecule has 2 heterocycles. The Hall–Kier alpha value is -2.43. The summed E-state index contributed by atoms with van der Waals surface area (Å²) < 4.78 is 0. The van der Waals surface area contributed by atoms with Crippen LogP contribution >= 0.6 is 0 Å². The number of nitrogens with zero attached hydrogens (tertiary/aromatic N) is 3. The summed E-state index contributed by atoms with van der Waals surface area (Å²) in [6, 6.07) is 6.38. The first-order chi connectivity index (χ1) is 10.9. The zero-order valence-corrected chi connectivity index (χ0v) is 13.8. The van der Waals surface area contributed by atoms with Crippen LogP contribution in [-0.2, 0) is 11.8 Å². The molecular weight excluding hydrogens is 288 g/mol. The highest BCUT2D eigenvalue weighted by molar-refractivity contribution is 6.09. The summed E-state index contributed by atoms with van der Waals surface area (Å²) in [5, 5.41) is 0. The van der Waals surface area contributed by atoms with Crippen molar-refractivity contribution in [1.82, 2.24) is 9.97 Å². The summed E-state index contributed by atoms with van der Waals surface area (Å²) in [7, 11) is 0. The number of aryl methyl sites for hydroxylation is 1. The maximum Gasteiger partial charge on any atom is 0.263 e. The lowest BCUT2D eigenvalue weighted by Crippen LogP contribution is -2.36. The first kappa shape index (κ1) is 15.5. The van der Waals surface area contributed by atoms with Crippen LogP contribution in [0.1, 0.15) is 48.7 Å². The third kappa shape index (κ3) is 2.91. The SMILES string of the molecule is CC(C)(C)c1ccc2c(c1)CCCN2C(=O)c1cncnc1N. The molecule has 0 saturated carbocycles. The lowest BCUT2D eigenvalue weighted by molar-refractivity contribution is 0.0985. The smallest absolute Gasteiger partial charge is 0.263 e. The van der Waals surface area contributed by atoms with E-state index in [1.807, 2.05) is 6.07 Å². The van der Waals surface area contributed by atoms with E-state index in [1.165, 1.54) is 23.7 Å². The van der Waals surface area contributed by atoms with Crippen molar-refractivity contribution < 1.29 is 4.79 Å². The molecule has 1 amide bonds. The summed E-state index contributed by atoms with van der Waals surface area (Å²) in [4.78, 5) is 22.5. The normalized spacial score (nSPS) is 14.5. The molecular formula is C18H22N4O. The van der Waals surface area contributed by atoms with E-state index in [1.54, 1.807) is 4.90 Å². The van der Waals surface area contributed by atoms with Gasteiger partial charge in [0.15, 0.2) is 0 Å². The van der Waals surface area contributed by atoms with Crippen LogP contribution in [0, 0.1) is 0 Å². The topological polar surface area (TPSA) is 72.1 Å². The largest absolute Gasteiger partial charge is 0.383 e. The van der Waals surface area contributed by atoms with Crippen molar-refractivity contribution in [2.45, 2.75) is 39.0 Å². The minimum absolute atomic E-state index is 0.0962. The number of anilines is 2. The fourth-order valence-corrected chi connectivity index (χ4v) is 2.92. The van der Waals surface area contributed by atoms with E-state index in [4.69, 9.17) is 5.73 Å². The van der Waals surface area contributed by atoms with E-state index in [9.17, 15) is 4.79 Å². The van der Waals surface area contributed by atoms with Gasteiger partial charge < -0.3 is 10.6 Å². The summed E-state index contributed by atoms with van der Waals surface area (Å²) in [6.07, 6.45) is 4.78. The van der Waals surface area contributed by atoms with Gasteiger partial charge in [-0.25, -0.2) is 9.97 Å². The van der Waals surface area contributed by atoms with Crippen molar-refractivity contribution >= 4 is 17.4 Å². The number of carbonyl (C=O) groups is 1. The predicted octanol–water partition coefficient (Wildman–Crippen LogP) is 2.95. The van der Waals surface area contributed by atoms with E-state index < -0.39 is 0 Å². The Morgan fingerprint density at radius 2 is 2.09 bits per heavy atom. The Morgan fingerprint density at radius 3 is 2.78 bits per heavy atom. The van der Waals surface area contributed by atoms with Crippen LogP contribution in [0.4, 0.5) is 11.5 Å². The molecule has 5 heteroatoms. The quantitative estimate of drug-likeness (QED) is 0.879. The molecule has 1 aliphatic rings. The van der Waals surface area contributed by atoms with Crippen LogP contribution in [0.3, 0.4) is 0 Å². The van der Waals surface area contributed by atoms with Crippen LogP contribution in [0.2, 0.25) is 0 Å². The second-order valence-electron chi connectivity index (χ2n) is 6.98. The molecule has 2 aromatic rings. The molecule has 5 nitrogen and oxygen atoms in total. The van der Waals surface area contributed by atoms with Gasteiger partial charge in [-0.05, 0) is 35.4 Å². The molecule has 0 spiro atoms. The van der Waals surface area contributed by atoms with Crippen LogP contribution in [-0.4, -0.2) is 22.4 Å². The van der Waals surface area contributed by atoms with Gasteiger partial charge in [-0.15, -0.1) is 0 Å². The van der Waals surface area contributed by atoms with E-state index >= 15 is 0 Å². The van der Waals surface area contributed by atoms with Crippen LogP contribution in [0.5, 0.6) is 0 Å². The van der Waals surface area contributed by atoms with Crippen molar-refractivity contribution in [3.8, 4) is 0 Å². The average molecular weight is 310 g/mol. The van der Waals surface area contributed by atoms with Crippen molar-refractivity contribution in [2.75, 3.05) is 17.2 Å². The molecule has 0 fully saturated rings. The molecule has 1 aromatic heterocycles. The zero-order valence-electron chi connectivity index (χ0n) is 13.8. The molecule has 0 radical (unpaired) electrons. The fourth-order valence-electron chi connectivity index (χ4n) is 2.92. The van der Waals surface area contributed by atoms with E-state index in [0.29, 0.717) is 12.1 Å². The summed E-state index contributed by atoms with van der Waals surface area (Å²) in [5.41, 5.74) is 9.76. The molecule has 0 aliphatic carbocycles. The standard InChI is InChI=1S/C18H22N4O/c1-18(2,3)13-6-7-15-12(9-13)5-4-8-22(15)17(23)14-10-20-11-21-16(14)19/h6-7,9-11H,4-5,8H2,1-3H3,(H2,19,20,21). The highest BCUT2D eigenvalue weighted by atomic mass is 16.2. The molecule has 0 saturated heterocycles. The summed E-state index contributed by atoms with van der Waals surface area (Å²) in [6.45, 7) is 7.28. The van der Waals surface area contributed by atoms with Crippen LogP contribution in [0.15, 0.2) is 30.7 Å². The van der Waals surface area contributed by atoms with Gasteiger partial charge in [0.05, 0.1) is 0 Å². The van der Waals surface area contributed by atoms with Crippen molar-refractivity contribution in [3.63, 3.8) is 0 Å². The second-order valence-corrected chi connectivity index (χ2v) is 6.98. The number of hydrogen-bond acceptors (Lipinski definition) is 4. The molecule has 0 bridgehead atoms. The number of amides is 1. The van der Waals surface area contributed by atoms with Gasteiger partial charge in [0.25, 0.3) is 5.91 Å². The first-order valence-electron chi connectivity index (χ1n) is 7.88. The monoisotopic (exact) mass is 310 g/mol. The van der Waals surface area contributed by atoms with E-state index in [0.717, 1.165) is 18.5 Å². The number of aromatic nitrogens is 2. The maximum atomic E-state index is 12.8. The highest BCUT2D eigenvalue weighted by Gasteiger charge is 2.26. The Kier molecular flexibility index (Phi) is 3.80. The first-order valence-corrected chi connectivity index (χ1v) is 7.88. The van der Waals surface area contributed by atoms with Gasteiger partial charge in [-0.1, -0.05) is 32.9 Å². The Balaban J connectivity index is 1.99. The van der Waals surface area contributed by atoms with Gasteiger partial charge in [0.1, 0.15) is 17.7 Å². The molecule has 2 N–H and O–H groups in total. The zero-order chi connectivity index (χ0) is 16.6. The predicted molar refractivity (Wildman–Crippen MR) is 91.6 cm³/mol. The highest BCUT2D eigenvalue weighted by Crippen LogP contribution is 2.33. The van der Waals surface area contributed by atoms with Crippen molar-refractivity contribution in [1.29, 1.82) is 0 Å². The minimum Gasteiger partial charge on any atom is -0.383 e. The molecule has 23 heavy (non-hydrogen) atoms. The number of carbonyl (C=O) groups excluding carboxylic acids is 1. The lowest BCUT2D eigenvalue weighted by Gasteiger charge is -2.31. The van der Waals surface area contributed by atoms with Gasteiger partial charge in [0.2, 0.25) is 0 Å².